The second-order valence-corrected chi connectivity index (χ2v) is 4.59. The van der Waals surface area contributed by atoms with Crippen molar-refractivity contribution >= 4 is 11.5 Å². The standard InChI is InChI=1S/C13H17NO3/c14-11-6-2-5-10(13(11)17)12(16)9-4-1-3-8(9)7-15/h2,5-6,8-9,15,17H,1,3-4,7,14H2/t8-,9?/m0/s1. The van der Waals surface area contributed by atoms with Crippen LogP contribution in [0.2, 0.25) is 0 Å². The van der Waals surface area contributed by atoms with Gasteiger partial charge in [0.1, 0.15) is 5.75 Å². The molecule has 0 saturated heterocycles. The number of ketones is 1. The van der Waals surface area contributed by atoms with Crippen LogP contribution in [0.15, 0.2) is 18.2 Å². The molecule has 0 spiro atoms. The average molecular weight is 235 g/mol. The average Bonchev–Trinajstić information content (AvgIpc) is 2.80. The molecule has 1 aliphatic carbocycles. The van der Waals surface area contributed by atoms with Crippen LogP contribution < -0.4 is 5.73 Å². The Bertz CT molecular complexity index is 431. The fourth-order valence-electron chi connectivity index (χ4n) is 2.56. The van der Waals surface area contributed by atoms with Gasteiger partial charge in [0.15, 0.2) is 5.78 Å². The number of aliphatic hydroxyl groups excluding tert-OH is 1. The molecule has 1 fully saturated rings. The Morgan fingerprint density at radius 3 is 2.88 bits per heavy atom. The number of benzene rings is 1. The summed E-state index contributed by atoms with van der Waals surface area (Å²) in [5.74, 6) is -0.413. The predicted octanol–water partition coefficient (Wildman–Crippen LogP) is 1.57. The maximum atomic E-state index is 12.3. The zero-order valence-corrected chi connectivity index (χ0v) is 9.60. The van der Waals surface area contributed by atoms with E-state index in [9.17, 15) is 15.0 Å². The van der Waals surface area contributed by atoms with Gasteiger partial charge in [-0.25, -0.2) is 0 Å². The quantitative estimate of drug-likeness (QED) is 0.422. The first kappa shape index (κ1) is 11.9. The summed E-state index contributed by atoms with van der Waals surface area (Å²) < 4.78 is 0. The van der Waals surface area contributed by atoms with E-state index in [1.165, 1.54) is 0 Å². The lowest BCUT2D eigenvalue weighted by Gasteiger charge is -2.17. The molecule has 0 bridgehead atoms. The minimum absolute atomic E-state index is 0.0170. The Kier molecular flexibility index (Phi) is 3.33. The predicted molar refractivity (Wildman–Crippen MR) is 64.8 cm³/mol. The van der Waals surface area contributed by atoms with Gasteiger partial charge in [-0.3, -0.25) is 4.79 Å². The Morgan fingerprint density at radius 1 is 1.41 bits per heavy atom. The maximum Gasteiger partial charge on any atom is 0.170 e. The summed E-state index contributed by atoms with van der Waals surface area (Å²) in [6, 6.07) is 4.80. The van der Waals surface area contributed by atoms with Crippen LogP contribution in [-0.2, 0) is 0 Å². The molecule has 1 aliphatic rings. The summed E-state index contributed by atoms with van der Waals surface area (Å²) in [5.41, 5.74) is 6.06. The van der Waals surface area contributed by atoms with Crippen molar-refractivity contribution in [2.45, 2.75) is 19.3 Å². The molecule has 1 saturated carbocycles. The van der Waals surface area contributed by atoms with Crippen molar-refractivity contribution in [2.75, 3.05) is 12.3 Å². The summed E-state index contributed by atoms with van der Waals surface area (Å²) >= 11 is 0. The molecule has 0 heterocycles. The second kappa shape index (κ2) is 4.75. The first-order chi connectivity index (χ1) is 8.15. The van der Waals surface area contributed by atoms with E-state index in [0.717, 1.165) is 19.3 Å². The van der Waals surface area contributed by atoms with Crippen LogP contribution in [0, 0.1) is 11.8 Å². The third-order valence-corrected chi connectivity index (χ3v) is 3.56. The Balaban J connectivity index is 2.28. The molecule has 4 nitrogen and oxygen atoms in total. The molecule has 2 rings (SSSR count). The number of aliphatic hydroxyl groups is 1. The molecule has 1 aromatic rings. The number of carbonyl (C=O) groups excluding carboxylic acids is 1. The van der Waals surface area contributed by atoms with Gasteiger partial charge < -0.3 is 15.9 Å². The van der Waals surface area contributed by atoms with Crippen LogP contribution >= 0.6 is 0 Å². The minimum atomic E-state index is -0.187. The fourth-order valence-corrected chi connectivity index (χ4v) is 2.56. The molecular formula is C13H17NO3. The van der Waals surface area contributed by atoms with Crippen molar-refractivity contribution in [1.82, 2.24) is 0 Å². The molecule has 17 heavy (non-hydrogen) atoms. The van der Waals surface area contributed by atoms with E-state index in [2.05, 4.69) is 0 Å². The molecule has 92 valence electrons. The highest BCUT2D eigenvalue weighted by atomic mass is 16.3. The van der Waals surface area contributed by atoms with Gasteiger partial charge in [0, 0.05) is 12.5 Å². The van der Waals surface area contributed by atoms with Crippen molar-refractivity contribution in [2.24, 2.45) is 11.8 Å². The Hall–Kier alpha value is -1.55. The number of rotatable bonds is 3. The van der Waals surface area contributed by atoms with Crippen molar-refractivity contribution in [3.05, 3.63) is 23.8 Å². The number of hydrogen-bond donors (Lipinski definition) is 3. The van der Waals surface area contributed by atoms with Gasteiger partial charge >= 0.3 is 0 Å². The number of phenolic OH excluding ortho intramolecular Hbond substituents is 1. The monoisotopic (exact) mass is 235 g/mol. The second-order valence-electron chi connectivity index (χ2n) is 4.59. The lowest BCUT2D eigenvalue weighted by molar-refractivity contribution is 0.0848. The van der Waals surface area contributed by atoms with E-state index in [1.807, 2.05) is 0 Å². The van der Waals surface area contributed by atoms with Crippen LogP contribution in [0.3, 0.4) is 0 Å². The van der Waals surface area contributed by atoms with E-state index in [1.54, 1.807) is 18.2 Å². The zero-order chi connectivity index (χ0) is 12.4. The van der Waals surface area contributed by atoms with Crippen LogP contribution in [0.5, 0.6) is 5.75 Å². The number of aromatic hydroxyl groups is 1. The molecule has 0 amide bonds. The minimum Gasteiger partial charge on any atom is -0.505 e. The van der Waals surface area contributed by atoms with E-state index >= 15 is 0 Å². The highest BCUT2D eigenvalue weighted by molar-refractivity contribution is 6.01. The molecule has 2 atom stereocenters. The first-order valence-corrected chi connectivity index (χ1v) is 5.87. The molecule has 4 N–H and O–H groups in total. The van der Waals surface area contributed by atoms with Crippen molar-refractivity contribution in [3.8, 4) is 5.75 Å². The van der Waals surface area contributed by atoms with Crippen molar-refractivity contribution < 1.29 is 15.0 Å². The fraction of sp³-hybridized carbons (Fsp3) is 0.462. The molecule has 0 radical (unpaired) electrons. The van der Waals surface area contributed by atoms with Crippen molar-refractivity contribution in [1.29, 1.82) is 0 Å². The molecular weight excluding hydrogens is 218 g/mol. The number of anilines is 1. The van der Waals surface area contributed by atoms with E-state index in [-0.39, 0.29) is 41.2 Å². The first-order valence-electron chi connectivity index (χ1n) is 5.87. The number of phenols is 1. The number of nitrogen functional groups attached to an aromatic ring is 1. The summed E-state index contributed by atoms with van der Waals surface area (Å²) in [6.07, 6.45) is 2.60. The third kappa shape index (κ3) is 2.13. The molecule has 4 heteroatoms. The third-order valence-electron chi connectivity index (χ3n) is 3.56. The molecule has 1 unspecified atom stereocenters. The maximum absolute atomic E-state index is 12.3. The number of hydrogen-bond acceptors (Lipinski definition) is 4. The van der Waals surface area contributed by atoms with Gasteiger partial charge in [0.05, 0.1) is 11.3 Å². The van der Waals surface area contributed by atoms with Gasteiger partial charge in [0.25, 0.3) is 0 Å². The number of para-hydroxylation sites is 1. The summed E-state index contributed by atoms with van der Waals surface area (Å²) in [4.78, 5) is 12.3. The highest BCUT2D eigenvalue weighted by Gasteiger charge is 2.34. The van der Waals surface area contributed by atoms with Crippen LogP contribution in [0.25, 0.3) is 0 Å². The van der Waals surface area contributed by atoms with Gasteiger partial charge in [-0.05, 0) is 30.9 Å². The van der Waals surface area contributed by atoms with E-state index in [0.29, 0.717) is 0 Å². The van der Waals surface area contributed by atoms with Gasteiger partial charge in [-0.2, -0.15) is 0 Å². The lowest BCUT2D eigenvalue weighted by atomic mass is 9.88. The number of carbonyl (C=O) groups is 1. The summed E-state index contributed by atoms with van der Waals surface area (Å²) in [7, 11) is 0. The van der Waals surface area contributed by atoms with Gasteiger partial charge in [-0.15, -0.1) is 0 Å². The van der Waals surface area contributed by atoms with E-state index < -0.39 is 0 Å². The number of Topliss-reactive ketones (excluding diaryl/α,β-unsaturated/α-hetero) is 1. The molecule has 0 aromatic heterocycles. The van der Waals surface area contributed by atoms with Crippen molar-refractivity contribution in [3.63, 3.8) is 0 Å². The largest absolute Gasteiger partial charge is 0.505 e. The van der Waals surface area contributed by atoms with E-state index in [4.69, 9.17) is 5.73 Å². The van der Waals surface area contributed by atoms with Crippen LogP contribution in [0.1, 0.15) is 29.6 Å². The smallest absolute Gasteiger partial charge is 0.170 e. The van der Waals surface area contributed by atoms with Gasteiger partial charge in [0.2, 0.25) is 0 Å². The lowest BCUT2D eigenvalue weighted by Crippen LogP contribution is -2.21. The number of nitrogens with two attached hydrogens (primary N) is 1. The van der Waals surface area contributed by atoms with Crippen LogP contribution in [-0.4, -0.2) is 22.6 Å². The Labute approximate surface area is 100 Å². The normalized spacial score (nSPS) is 23.8. The highest BCUT2D eigenvalue weighted by Crippen LogP contribution is 2.36. The SMILES string of the molecule is Nc1cccc(C(=O)C2CCC[C@H]2CO)c1O. The zero-order valence-electron chi connectivity index (χ0n) is 9.60. The summed E-state index contributed by atoms with van der Waals surface area (Å²) in [5, 5.41) is 19.0. The van der Waals surface area contributed by atoms with Crippen LogP contribution in [0.4, 0.5) is 5.69 Å². The molecule has 0 aliphatic heterocycles. The van der Waals surface area contributed by atoms with Gasteiger partial charge in [-0.1, -0.05) is 12.5 Å². The molecule has 1 aromatic carbocycles. The summed E-state index contributed by atoms with van der Waals surface area (Å²) in [6.45, 7) is 0.0273. The topological polar surface area (TPSA) is 83.6 Å². The Morgan fingerprint density at radius 2 is 2.18 bits per heavy atom.